The minimum absolute atomic E-state index is 0.361. The van der Waals surface area contributed by atoms with Gasteiger partial charge in [-0.15, -0.1) is 11.6 Å². The van der Waals surface area contributed by atoms with Gasteiger partial charge in [-0.05, 0) is 37.8 Å². The first-order valence-corrected chi connectivity index (χ1v) is 6.26. The number of nitrogens with zero attached hydrogens (tertiary/aromatic N) is 1. The fourth-order valence-electron chi connectivity index (χ4n) is 1.73. The lowest BCUT2D eigenvalue weighted by Crippen LogP contribution is -2.09. The summed E-state index contributed by atoms with van der Waals surface area (Å²) in [4.78, 5) is 15.9. The van der Waals surface area contributed by atoms with E-state index in [0.29, 0.717) is 12.5 Å². The zero-order chi connectivity index (χ0) is 13.5. The summed E-state index contributed by atoms with van der Waals surface area (Å²) in [5.41, 5.74) is 5.05. The van der Waals surface area contributed by atoms with Crippen LogP contribution in [0.5, 0.6) is 0 Å². The lowest BCUT2D eigenvalue weighted by Gasteiger charge is -2.21. The number of alkyl halides is 1. The fraction of sp³-hybridized carbons (Fsp3) is 0.538. The van der Waals surface area contributed by atoms with E-state index in [9.17, 15) is 4.79 Å². The average Bonchev–Trinajstić information content (AvgIpc) is 2.37. The van der Waals surface area contributed by atoms with E-state index in [0.717, 1.165) is 24.6 Å². The summed E-state index contributed by atoms with van der Waals surface area (Å²) >= 11 is 5.93. The van der Waals surface area contributed by atoms with E-state index in [4.69, 9.17) is 16.4 Å². The first-order chi connectivity index (χ1) is 8.58. The molecule has 0 radical (unpaired) electrons. The van der Waals surface area contributed by atoms with Crippen LogP contribution < -0.4 is 0 Å². The minimum atomic E-state index is -0.530. The molecule has 0 fully saturated rings. The highest BCUT2D eigenvalue weighted by molar-refractivity contribution is 6.22. The number of methoxy groups -OCH3 is 1. The second-order valence-corrected chi connectivity index (χ2v) is 4.55. The molecule has 18 heavy (non-hydrogen) atoms. The fourth-order valence-corrected chi connectivity index (χ4v) is 2.02. The van der Waals surface area contributed by atoms with Crippen LogP contribution in [0.1, 0.15) is 26.7 Å². The van der Waals surface area contributed by atoms with Crippen molar-refractivity contribution in [2.24, 2.45) is 5.16 Å². The first-order valence-electron chi connectivity index (χ1n) is 5.72. The van der Waals surface area contributed by atoms with Gasteiger partial charge in [0, 0.05) is 5.88 Å². The zero-order valence-corrected chi connectivity index (χ0v) is 11.7. The number of hydrogen-bond donors (Lipinski definition) is 0. The lowest BCUT2D eigenvalue weighted by molar-refractivity contribution is -0.132. The average molecular weight is 272 g/mol. The van der Waals surface area contributed by atoms with Gasteiger partial charge in [-0.25, -0.2) is 4.79 Å². The third kappa shape index (κ3) is 4.18. The number of halogens is 1. The topological polar surface area (TPSA) is 47.9 Å². The smallest absolute Gasteiger partial charge is 0.352 e. The summed E-state index contributed by atoms with van der Waals surface area (Å²) in [7, 11) is 1.29. The van der Waals surface area contributed by atoms with E-state index in [1.165, 1.54) is 23.8 Å². The molecule has 0 aromatic heterocycles. The number of rotatable bonds is 5. The van der Waals surface area contributed by atoms with Crippen LogP contribution in [0.2, 0.25) is 0 Å². The lowest BCUT2D eigenvalue weighted by atomic mass is 9.88. The van der Waals surface area contributed by atoms with Crippen molar-refractivity contribution in [3.05, 3.63) is 22.3 Å². The Bertz CT molecular complexity index is 410. The van der Waals surface area contributed by atoms with Gasteiger partial charge < -0.3 is 9.57 Å². The van der Waals surface area contributed by atoms with E-state index in [1.54, 1.807) is 0 Å². The highest BCUT2D eigenvalue weighted by Gasteiger charge is 2.15. The van der Waals surface area contributed by atoms with Crippen molar-refractivity contribution in [1.29, 1.82) is 0 Å². The zero-order valence-electron chi connectivity index (χ0n) is 11.0. The van der Waals surface area contributed by atoms with Crippen molar-refractivity contribution >= 4 is 23.8 Å². The van der Waals surface area contributed by atoms with E-state index in [-0.39, 0.29) is 0 Å². The number of carbonyl (C=O) groups excluding carboxylic acids is 1. The van der Waals surface area contributed by atoms with E-state index >= 15 is 0 Å². The van der Waals surface area contributed by atoms with Gasteiger partial charge in [0.15, 0.2) is 6.21 Å². The molecule has 4 nitrogen and oxygen atoms in total. The summed E-state index contributed by atoms with van der Waals surface area (Å²) in [6.07, 6.45) is 2.77. The highest BCUT2D eigenvalue weighted by Crippen LogP contribution is 2.30. The molecule has 1 aliphatic carbocycles. The molecule has 0 bridgehead atoms. The summed E-state index contributed by atoms with van der Waals surface area (Å²) in [5.74, 6) is -0.0265. The molecule has 0 heterocycles. The van der Waals surface area contributed by atoms with Gasteiger partial charge in [-0.2, -0.15) is 0 Å². The molecule has 1 rings (SSSR count). The van der Waals surface area contributed by atoms with Gasteiger partial charge in [0.2, 0.25) is 0 Å². The maximum Gasteiger partial charge on any atom is 0.352 e. The number of ether oxygens (including phenoxy) is 1. The summed E-state index contributed by atoms with van der Waals surface area (Å²) < 4.78 is 4.41. The molecule has 0 atom stereocenters. The highest BCUT2D eigenvalue weighted by atomic mass is 35.5. The number of esters is 1. The van der Waals surface area contributed by atoms with Crippen molar-refractivity contribution in [1.82, 2.24) is 0 Å². The summed E-state index contributed by atoms with van der Waals surface area (Å²) in [6.45, 7) is 4.59. The van der Waals surface area contributed by atoms with Crippen LogP contribution in [-0.2, 0) is 14.4 Å². The molecule has 0 N–H and O–H groups in total. The van der Waals surface area contributed by atoms with Crippen LogP contribution >= 0.6 is 11.6 Å². The molecule has 0 aliphatic heterocycles. The van der Waals surface area contributed by atoms with Crippen LogP contribution in [0.25, 0.3) is 0 Å². The first kappa shape index (κ1) is 14.8. The van der Waals surface area contributed by atoms with Crippen molar-refractivity contribution in [3.63, 3.8) is 0 Å². The quantitative estimate of drug-likeness (QED) is 0.254. The van der Waals surface area contributed by atoms with Crippen molar-refractivity contribution < 1.29 is 14.4 Å². The van der Waals surface area contributed by atoms with Crippen LogP contribution in [0, 0.1) is 0 Å². The SMILES string of the molecule is COC(=O)C=NOCC1=C(CCl)CC(C)=C(C)C1. The number of hydrogen-bond acceptors (Lipinski definition) is 4. The Balaban J connectivity index is 2.55. The van der Waals surface area contributed by atoms with Crippen LogP contribution in [-0.4, -0.2) is 31.8 Å². The van der Waals surface area contributed by atoms with Crippen LogP contribution in [0.4, 0.5) is 0 Å². The van der Waals surface area contributed by atoms with Gasteiger partial charge >= 0.3 is 5.97 Å². The van der Waals surface area contributed by atoms with Gasteiger partial charge in [0.05, 0.1) is 7.11 Å². The third-order valence-corrected chi connectivity index (χ3v) is 3.34. The number of oxime groups is 1. The van der Waals surface area contributed by atoms with Crippen LogP contribution in [0.3, 0.4) is 0 Å². The van der Waals surface area contributed by atoms with Crippen molar-refractivity contribution in [2.75, 3.05) is 19.6 Å². The molecular formula is C13H18ClNO3. The Morgan fingerprint density at radius 2 is 1.94 bits per heavy atom. The molecule has 0 unspecified atom stereocenters. The van der Waals surface area contributed by atoms with E-state index < -0.39 is 5.97 Å². The van der Waals surface area contributed by atoms with Gasteiger partial charge in [0.1, 0.15) is 6.61 Å². The maximum atomic E-state index is 10.8. The standard InChI is InChI=1S/C13H18ClNO3/c1-9-4-11(6-14)12(5-10(9)2)8-18-15-7-13(16)17-3/h7H,4-6,8H2,1-3H3. The molecule has 5 heteroatoms. The maximum absolute atomic E-state index is 10.8. The Morgan fingerprint density at radius 1 is 1.33 bits per heavy atom. The van der Waals surface area contributed by atoms with Crippen molar-refractivity contribution in [2.45, 2.75) is 26.7 Å². The van der Waals surface area contributed by atoms with Gasteiger partial charge in [0.25, 0.3) is 0 Å². The Labute approximate surface area is 112 Å². The summed E-state index contributed by atoms with van der Waals surface area (Å²) in [5, 5.41) is 3.56. The third-order valence-electron chi connectivity index (χ3n) is 3.02. The molecule has 0 aromatic carbocycles. The van der Waals surface area contributed by atoms with Crippen molar-refractivity contribution in [3.8, 4) is 0 Å². The normalized spacial score (nSPS) is 16.4. The molecule has 0 saturated heterocycles. The largest absolute Gasteiger partial charge is 0.465 e. The predicted octanol–water partition coefficient (Wildman–Crippen LogP) is 2.83. The van der Waals surface area contributed by atoms with Gasteiger partial charge in [-0.3, -0.25) is 0 Å². The number of allylic oxidation sites excluding steroid dienone is 3. The van der Waals surface area contributed by atoms with Crippen LogP contribution in [0.15, 0.2) is 27.4 Å². The number of carbonyl (C=O) groups is 1. The van der Waals surface area contributed by atoms with Gasteiger partial charge in [-0.1, -0.05) is 16.3 Å². The predicted molar refractivity (Wildman–Crippen MR) is 71.8 cm³/mol. The van der Waals surface area contributed by atoms with E-state index in [1.807, 2.05) is 0 Å². The Morgan fingerprint density at radius 3 is 2.50 bits per heavy atom. The van der Waals surface area contributed by atoms with E-state index in [2.05, 4.69) is 23.7 Å². The Hall–Kier alpha value is -1.29. The second kappa shape index (κ2) is 7.21. The molecule has 0 saturated carbocycles. The second-order valence-electron chi connectivity index (χ2n) is 4.29. The molecule has 100 valence electrons. The molecular weight excluding hydrogens is 254 g/mol. The molecule has 0 amide bonds. The minimum Gasteiger partial charge on any atom is -0.465 e. The molecule has 0 spiro atoms. The monoisotopic (exact) mass is 271 g/mol. The molecule has 1 aliphatic rings. The molecule has 0 aromatic rings. The Kier molecular flexibility index (Phi) is 5.92. The summed E-state index contributed by atoms with van der Waals surface area (Å²) in [6, 6.07) is 0.